The van der Waals surface area contributed by atoms with E-state index in [0.717, 1.165) is 25.7 Å². The number of aliphatic hydroxyl groups excluding tert-OH is 1. The number of hydrogen-bond acceptors (Lipinski definition) is 3. The van der Waals surface area contributed by atoms with Crippen LogP contribution in [0.15, 0.2) is 18.2 Å². The van der Waals surface area contributed by atoms with Crippen LogP contribution in [0.2, 0.25) is 0 Å². The molecule has 3 nitrogen and oxygen atoms in total. The van der Waals surface area contributed by atoms with Gasteiger partial charge >= 0.3 is 0 Å². The molecule has 0 aliphatic heterocycles. The molecule has 1 aromatic rings. The molecule has 24 heavy (non-hydrogen) atoms. The number of aliphatic hydroxyl groups is 2. The van der Waals surface area contributed by atoms with Crippen LogP contribution in [0.3, 0.4) is 0 Å². The Balaban J connectivity index is 1.80. The van der Waals surface area contributed by atoms with Crippen molar-refractivity contribution >= 4 is 0 Å². The van der Waals surface area contributed by atoms with E-state index in [1.807, 2.05) is 19.1 Å². The lowest BCUT2D eigenvalue weighted by molar-refractivity contribution is -0.139. The van der Waals surface area contributed by atoms with Gasteiger partial charge in [0.15, 0.2) is 0 Å². The number of fused-ring (bicyclic) bond motifs is 5. The number of hydrogen-bond donors (Lipinski definition) is 3. The molecule has 1 aromatic carbocycles. The first-order valence-corrected chi connectivity index (χ1v) is 9.51. The van der Waals surface area contributed by atoms with Gasteiger partial charge in [-0.25, -0.2) is 0 Å². The molecule has 7 atom stereocenters. The molecule has 0 heterocycles. The average molecular weight is 330 g/mol. The number of phenolic OH excluding ortho intramolecular Hbond substituents is 1. The lowest BCUT2D eigenvalue weighted by Gasteiger charge is -2.55. The van der Waals surface area contributed by atoms with Gasteiger partial charge in [0, 0.05) is 5.41 Å². The Morgan fingerprint density at radius 2 is 2.00 bits per heavy atom. The summed E-state index contributed by atoms with van der Waals surface area (Å²) in [7, 11) is 0. The molecule has 3 heteroatoms. The van der Waals surface area contributed by atoms with Crippen molar-refractivity contribution in [2.24, 2.45) is 23.2 Å². The number of aryl methyl sites for hydroxylation is 1. The molecule has 0 spiro atoms. The van der Waals surface area contributed by atoms with Gasteiger partial charge in [0.05, 0.1) is 11.7 Å². The van der Waals surface area contributed by atoms with Crippen LogP contribution in [0.25, 0.3) is 0 Å². The second kappa shape index (κ2) is 5.22. The Hall–Kier alpha value is -1.06. The topological polar surface area (TPSA) is 60.7 Å². The van der Waals surface area contributed by atoms with Gasteiger partial charge in [-0.05, 0) is 79.5 Å². The molecule has 3 unspecified atom stereocenters. The van der Waals surface area contributed by atoms with E-state index >= 15 is 0 Å². The molecule has 0 saturated heterocycles. The van der Waals surface area contributed by atoms with E-state index in [0.29, 0.717) is 35.8 Å². The fraction of sp³-hybridized carbons (Fsp3) is 0.714. The van der Waals surface area contributed by atoms with E-state index in [1.54, 1.807) is 0 Å². The van der Waals surface area contributed by atoms with Gasteiger partial charge in [-0.3, -0.25) is 0 Å². The van der Waals surface area contributed by atoms with Gasteiger partial charge in [0.25, 0.3) is 0 Å². The summed E-state index contributed by atoms with van der Waals surface area (Å²) in [5, 5.41) is 31.5. The van der Waals surface area contributed by atoms with Crippen LogP contribution >= 0.6 is 0 Å². The molecule has 3 N–H and O–H groups in total. The molecule has 3 aliphatic rings. The minimum absolute atomic E-state index is 0.206. The number of benzene rings is 1. The Kier molecular flexibility index (Phi) is 3.57. The summed E-state index contributed by atoms with van der Waals surface area (Å²) in [5.41, 5.74) is 1.50. The molecule has 0 aromatic heterocycles. The Bertz CT molecular complexity index is 652. The van der Waals surface area contributed by atoms with Gasteiger partial charge in [0.2, 0.25) is 0 Å². The van der Waals surface area contributed by atoms with Crippen molar-refractivity contribution in [2.75, 3.05) is 0 Å². The van der Waals surface area contributed by atoms with Crippen LogP contribution in [0.5, 0.6) is 5.75 Å². The zero-order valence-electron chi connectivity index (χ0n) is 15.0. The molecule has 3 aliphatic carbocycles. The molecule has 2 fully saturated rings. The molecule has 132 valence electrons. The second-order valence-electron chi connectivity index (χ2n) is 8.91. The molecular weight excluding hydrogens is 300 g/mol. The summed E-state index contributed by atoms with van der Waals surface area (Å²) in [5.74, 6) is 2.28. The third-order valence-electron chi connectivity index (χ3n) is 8.03. The fourth-order valence-corrected chi connectivity index (χ4v) is 6.48. The third-order valence-corrected chi connectivity index (χ3v) is 8.03. The summed E-state index contributed by atoms with van der Waals surface area (Å²) in [4.78, 5) is 0. The Morgan fingerprint density at radius 1 is 1.25 bits per heavy atom. The van der Waals surface area contributed by atoms with Crippen LogP contribution < -0.4 is 0 Å². The highest BCUT2D eigenvalue weighted by Crippen LogP contribution is 2.66. The highest BCUT2D eigenvalue weighted by atomic mass is 16.3. The number of phenols is 1. The Morgan fingerprint density at radius 3 is 2.71 bits per heavy atom. The van der Waals surface area contributed by atoms with Gasteiger partial charge in [0.1, 0.15) is 5.75 Å². The van der Waals surface area contributed by atoms with Crippen molar-refractivity contribution in [1.82, 2.24) is 0 Å². The third kappa shape index (κ3) is 1.97. The molecule has 0 amide bonds. The van der Waals surface area contributed by atoms with E-state index in [4.69, 9.17) is 0 Å². The van der Waals surface area contributed by atoms with Crippen LogP contribution in [-0.2, 0) is 6.42 Å². The van der Waals surface area contributed by atoms with E-state index in [-0.39, 0.29) is 5.41 Å². The predicted octanol–water partition coefficient (Wildman–Crippen LogP) is 3.61. The maximum absolute atomic E-state index is 11.1. The Labute approximate surface area is 144 Å². The van der Waals surface area contributed by atoms with Crippen molar-refractivity contribution in [3.63, 3.8) is 0 Å². The van der Waals surface area contributed by atoms with Crippen molar-refractivity contribution in [1.29, 1.82) is 0 Å². The molecule has 4 rings (SSSR count). The van der Waals surface area contributed by atoms with Gasteiger partial charge < -0.3 is 15.3 Å². The summed E-state index contributed by atoms with van der Waals surface area (Å²) < 4.78 is 0. The van der Waals surface area contributed by atoms with Gasteiger partial charge in [-0.15, -0.1) is 0 Å². The average Bonchev–Trinajstić information content (AvgIpc) is 2.73. The molecule has 0 radical (unpaired) electrons. The summed E-state index contributed by atoms with van der Waals surface area (Å²) in [6, 6.07) is 5.88. The highest BCUT2D eigenvalue weighted by Gasteiger charge is 2.65. The van der Waals surface area contributed by atoms with Crippen LogP contribution in [0.1, 0.15) is 63.5 Å². The van der Waals surface area contributed by atoms with Crippen molar-refractivity contribution in [3.05, 3.63) is 29.3 Å². The first kappa shape index (κ1) is 16.4. The lowest BCUT2D eigenvalue weighted by atomic mass is 9.50. The smallest absolute Gasteiger partial charge is 0.115 e. The quantitative estimate of drug-likeness (QED) is 0.737. The maximum Gasteiger partial charge on any atom is 0.115 e. The SMILES string of the molecule is CC[C@H]1C[C@@]2(C)C(C[C@@H](O)[C@]2(C)O)C2CCc3cc(O)ccc3C21. The lowest BCUT2D eigenvalue weighted by Crippen LogP contribution is -2.54. The maximum atomic E-state index is 11.1. The van der Waals surface area contributed by atoms with Crippen LogP contribution in [-0.4, -0.2) is 27.0 Å². The van der Waals surface area contributed by atoms with Gasteiger partial charge in [-0.1, -0.05) is 26.3 Å². The second-order valence-corrected chi connectivity index (χ2v) is 8.91. The molecule has 0 bridgehead atoms. The largest absolute Gasteiger partial charge is 0.508 e. The predicted molar refractivity (Wildman–Crippen MR) is 93.9 cm³/mol. The zero-order valence-corrected chi connectivity index (χ0v) is 15.0. The van der Waals surface area contributed by atoms with E-state index in [2.05, 4.69) is 19.9 Å². The number of aromatic hydroxyl groups is 1. The van der Waals surface area contributed by atoms with Crippen LogP contribution in [0.4, 0.5) is 0 Å². The first-order chi connectivity index (χ1) is 11.3. The zero-order chi connectivity index (χ0) is 17.3. The minimum Gasteiger partial charge on any atom is -0.508 e. The number of rotatable bonds is 1. The standard InChI is InChI=1S/C21H30O3/c1-4-12-11-20(2)17(10-18(23)21(20,3)24)16-7-5-13-9-14(22)6-8-15(13)19(12)16/h6,8-9,12,16-19,22-24H,4-5,7,10-11H2,1-3H3/t12-,16?,17?,18+,19?,20-,21-/m0/s1. The first-order valence-electron chi connectivity index (χ1n) is 9.51. The van der Waals surface area contributed by atoms with Crippen molar-refractivity contribution in [2.45, 2.75) is 70.5 Å². The fourth-order valence-electron chi connectivity index (χ4n) is 6.48. The minimum atomic E-state index is -0.995. The summed E-state index contributed by atoms with van der Waals surface area (Å²) >= 11 is 0. The summed E-state index contributed by atoms with van der Waals surface area (Å²) in [6.07, 6.45) is 4.25. The summed E-state index contributed by atoms with van der Waals surface area (Å²) in [6.45, 7) is 6.30. The van der Waals surface area contributed by atoms with E-state index < -0.39 is 11.7 Å². The van der Waals surface area contributed by atoms with Crippen molar-refractivity contribution < 1.29 is 15.3 Å². The van der Waals surface area contributed by atoms with E-state index in [9.17, 15) is 15.3 Å². The highest BCUT2D eigenvalue weighted by molar-refractivity contribution is 5.41. The monoisotopic (exact) mass is 330 g/mol. The van der Waals surface area contributed by atoms with E-state index in [1.165, 1.54) is 11.1 Å². The molecular formula is C21H30O3. The normalized spacial score (nSPS) is 47.0. The van der Waals surface area contributed by atoms with Gasteiger partial charge in [-0.2, -0.15) is 0 Å². The molecule has 2 saturated carbocycles. The van der Waals surface area contributed by atoms with Crippen molar-refractivity contribution in [3.8, 4) is 5.75 Å². The van der Waals surface area contributed by atoms with Crippen LogP contribution in [0, 0.1) is 23.2 Å².